The summed E-state index contributed by atoms with van der Waals surface area (Å²) in [6.45, 7) is 5.87. The van der Waals surface area contributed by atoms with E-state index in [4.69, 9.17) is 4.74 Å². The van der Waals surface area contributed by atoms with Crippen molar-refractivity contribution in [2.75, 3.05) is 13.7 Å². The molecule has 0 aliphatic heterocycles. The topological polar surface area (TPSA) is 64.9 Å². The maximum atomic E-state index is 5.23. The number of nitrogens with zero attached hydrogens (tertiary/aromatic N) is 4. The molecule has 1 N–H and O–H groups in total. The number of ether oxygens (including phenoxy) is 1. The molecule has 1 heterocycles. The molecule has 0 spiro atoms. The minimum atomic E-state index is 0.467. The summed E-state index contributed by atoms with van der Waals surface area (Å²) in [5, 5.41) is 16.1. The molecule has 0 amide bonds. The first kappa shape index (κ1) is 15.8. The molecule has 0 saturated heterocycles. The van der Waals surface area contributed by atoms with Gasteiger partial charge in [0.1, 0.15) is 5.75 Å². The van der Waals surface area contributed by atoms with Gasteiger partial charge in [-0.2, -0.15) is 0 Å². The number of hydrogen-bond donors (Lipinski definition) is 1. The number of benzene rings is 1. The van der Waals surface area contributed by atoms with E-state index in [0.29, 0.717) is 6.04 Å². The van der Waals surface area contributed by atoms with Crippen molar-refractivity contribution in [2.24, 2.45) is 0 Å². The lowest BCUT2D eigenvalue weighted by Crippen LogP contribution is -2.27. The van der Waals surface area contributed by atoms with Gasteiger partial charge in [-0.1, -0.05) is 37.7 Å². The van der Waals surface area contributed by atoms with Crippen molar-refractivity contribution in [1.82, 2.24) is 25.5 Å². The van der Waals surface area contributed by atoms with Crippen LogP contribution in [0.4, 0.5) is 0 Å². The molecule has 1 aromatic heterocycles. The molecule has 0 aliphatic rings. The summed E-state index contributed by atoms with van der Waals surface area (Å²) in [6, 6.07) is 8.50. The van der Waals surface area contributed by atoms with Gasteiger partial charge >= 0.3 is 0 Å². The summed E-state index contributed by atoms with van der Waals surface area (Å²) in [7, 11) is 1.68. The summed E-state index contributed by atoms with van der Waals surface area (Å²) in [5.74, 6) is 1.68. The smallest absolute Gasteiger partial charge is 0.209 e. The third kappa shape index (κ3) is 5.02. The number of thioether (sulfide) groups is 1. The van der Waals surface area contributed by atoms with Crippen molar-refractivity contribution < 1.29 is 4.74 Å². The average molecular weight is 307 g/mol. The monoisotopic (exact) mass is 307 g/mol. The summed E-state index contributed by atoms with van der Waals surface area (Å²) < 4.78 is 7.06. The molecule has 0 bridgehead atoms. The van der Waals surface area contributed by atoms with Crippen molar-refractivity contribution in [3.63, 3.8) is 0 Å². The number of tetrazole rings is 1. The molecule has 2 rings (SSSR count). The van der Waals surface area contributed by atoms with E-state index in [2.05, 4.69) is 40.8 Å². The van der Waals surface area contributed by atoms with E-state index in [9.17, 15) is 0 Å². The molecule has 0 atom stereocenters. The van der Waals surface area contributed by atoms with Crippen molar-refractivity contribution in [2.45, 2.75) is 37.3 Å². The zero-order chi connectivity index (χ0) is 15.1. The summed E-state index contributed by atoms with van der Waals surface area (Å²) in [4.78, 5) is 0. The Balaban J connectivity index is 1.89. The van der Waals surface area contributed by atoms with E-state index in [0.717, 1.165) is 29.7 Å². The maximum absolute atomic E-state index is 5.23. The van der Waals surface area contributed by atoms with E-state index < -0.39 is 0 Å². The van der Waals surface area contributed by atoms with E-state index in [1.54, 1.807) is 18.9 Å². The van der Waals surface area contributed by atoms with Crippen LogP contribution in [0.5, 0.6) is 5.75 Å². The molecule has 0 fully saturated rings. The Labute approximate surface area is 129 Å². The largest absolute Gasteiger partial charge is 0.497 e. The van der Waals surface area contributed by atoms with Gasteiger partial charge in [0.05, 0.1) is 13.7 Å². The van der Waals surface area contributed by atoms with E-state index in [-0.39, 0.29) is 0 Å². The van der Waals surface area contributed by atoms with E-state index >= 15 is 0 Å². The van der Waals surface area contributed by atoms with Crippen LogP contribution in [0.25, 0.3) is 0 Å². The normalized spacial score (nSPS) is 11.0. The summed E-state index contributed by atoms with van der Waals surface area (Å²) in [5.41, 5.74) is 1.19. The highest BCUT2D eigenvalue weighted by Gasteiger charge is 2.07. The zero-order valence-corrected chi connectivity index (χ0v) is 13.4. The Kier molecular flexibility index (Phi) is 6.01. The number of methoxy groups -OCH3 is 1. The molecule has 0 aliphatic carbocycles. The third-order valence-electron chi connectivity index (χ3n) is 2.88. The highest BCUT2D eigenvalue weighted by Crippen LogP contribution is 2.22. The fourth-order valence-electron chi connectivity index (χ4n) is 1.81. The molecular formula is C14H21N5OS. The predicted octanol–water partition coefficient (Wildman–Crippen LogP) is 1.97. The second-order valence-corrected chi connectivity index (χ2v) is 5.88. The number of hydrogen-bond acceptors (Lipinski definition) is 6. The first-order valence-corrected chi connectivity index (χ1v) is 7.93. The fraction of sp³-hybridized carbons (Fsp3) is 0.500. The first-order chi connectivity index (χ1) is 10.2. The van der Waals surface area contributed by atoms with E-state index in [1.165, 1.54) is 5.56 Å². The second kappa shape index (κ2) is 7.99. The molecule has 7 heteroatoms. The molecule has 0 saturated carbocycles. The van der Waals surface area contributed by atoms with Crippen molar-refractivity contribution >= 4 is 11.8 Å². The summed E-state index contributed by atoms with van der Waals surface area (Å²) >= 11 is 1.63. The predicted molar refractivity (Wildman–Crippen MR) is 83.5 cm³/mol. The van der Waals surface area contributed by atoms with Crippen LogP contribution in [0.15, 0.2) is 29.4 Å². The minimum Gasteiger partial charge on any atom is -0.497 e. The lowest BCUT2D eigenvalue weighted by Gasteiger charge is -2.08. The quantitative estimate of drug-likeness (QED) is 0.752. The molecule has 0 radical (unpaired) electrons. The van der Waals surface area contributed by atoms with Crippen LogP contribution in [-0.2, 0) is 12.3 Å². The second-order valence-electron chi connectivity index (χ2n) is 4.93. The van der Waals surface area contributed by atoms with Gasteiger partial charge < -0.3 is 10.1 Å². The van der Waals surface area contributed by atoms with Crippen LogP contribution in [0.2, 0.25) is 0 Å². The lowest BCUT2D eigenvalue weighted by atomic mass is 10.2. The molecule has 0 unspecified atom stereocenters. The van der Waals surface area contributed by atoms with Crippen LogP contribution < -0.4 is 10.1 Å². The van der Waals surface area contributed by atoms with Crippen molar-refractivity contribution in [1.29, 1.82) is 0 Å². The van der Waals surface area contributed by atoms with Gasteiger partial charge in [-0.25, -0.2) is 4.68 Å². The van der Waals surface area contributed by atoms with Gasteiger partial charge in [-0.05, 0) is 28.1 Å². The first-order valence-electron chi connectivity index (χ1n) is 6.94. The minimum absolute atomic E-state index is 0.467. The Hall–Kier alpha value is -1.60. The molecule has 1 aromatic carbocycles. The van der Waals surface area contributed by atoms with Crippen LogP contribution in [0.1, 0.15) is 19.4 Å². The lowest BCUT2D eigenvalue weighted by molar-refractivity contribution is 0.414. The van der Waals surface area contributed by atoms with Gasteiger partial charge in [-0.15, -0.1) is 5.10 Å². The van der Waals surface area contributed by atoms with Crippen LogP contribution in [0.3, 0.4) is 0 Å². The Morgan fingerprint density at radius 2 is 2.24 bits per heavy atom. The van der Waals surface area contributed by atoms with Gasteiger partial charge in [-0.3, -0.25) is 0 Å². The Bertz CT molecular complexity index is 558. The number of rotatable bonds is 8. The molecule has 2 aromatic rings. The maximum Gasteiger partial charge on any atom is 0.209 e. The van der Waals surface area contributed by atoms with Gasteiger partial charge in [0.15, 0.2) is 0 Å². The third-order valence-corrected chi connectivity index (χ3v) is 3.91. The van der Waals surface area contributed by atoms with Crippen molar-refractivity contribution in [3.8, 4) is 5.75 Å². The average Bonchev–Trinajstić information content (AvgIpc) is 2.92. The molecular weight excluding hydrogens is 286 g/mol. The van der Waals surface area contributed by atoms with Crippen molar-refractivity contribution in [3.05, 3.63) is 29.8 Å². The van der Waals surface area contributed by atoms with Crippen LogP contribution in [0, 0.1) is 0 Å². The van der Waals surface area contributed by atoms with Crippen LogP contribution >= 0.6 is 11.8 Å². The highest BCUT2D eigenvalue weighted by atomic mass is 32.2. The van der Waals surface area contributed by atoms with E-state index in [1.807, 2.05) is 22.9 Å². The zero-order valence-electron chi connectivity index (χ0n) is 12.6. The fourth-order valence-corrected chi connectivity index (χ4v) is 2.66. The van der Waals surface area contributed by atoms with Crippen LogP contribution in [-0.4, -0.2) is 39.9 Å². The number of nitrogens with one attached hydrogen (secondary N) is 1. The molecule has 21 heavy (non-hydrogen) atoms. The van der Waals surface area contributed by atoms with Gasteiger partial charge in [0.25, 0.3) is 0 Å². The SMILES string of the molecule is COc1cccc(CSc2nnnn2CCNC(C)C)c1. The highest BCUT2D eigenvalue weighted by molar-refractivity contribution is 7.98. The molecule has 114 valence electrons. The number of aromatic nitrogens is 4. The standard InChI is InChI=1S/C14H21N5OS/c1-11(2)15-7-8-19-14(16-17-18-19)21-10-12-5-4-6-13(9-12)20-3/h4-6,9,11,15H,7-8,10H2,1-3H3. The van der Waals surface area contributed by atoms with Gasteiger partial charge in [0.2, 0.25) is 5.16 Å². The molecule has 6 nitrogen and oxygen atoms in total. The van der Waals surface area contributed by atoms with Gasteiger partial charge in [0, 0.05) is 18.3 Å². The Morgan fingerprint density at radius 1 is 1.38 bits per heavy atom. The summed E-state index contributed by atoms with van der Waals surface area (Å²) in [6.07, 6.45) is 0. The Morgan fingerprint density at radius 3 is 3.00 bits per heavy atom.